The summed E-state index contributed by atoms with van der Waals surface area (Å²) < 4.78 is 0. The van der Waals surface area contributed by atoms with Crippen molar-refractivity contribution >= 4 is 34.8 Å². The van der Waals surface area contributed by atoms with Crippen LogP contribution in [0.5, 0.6) is 0 Å². The third-order valence-electron chi connectivity index (χ3n) is 1.39. The molecule has 0 spiro atoms. The largest absolute Gasteiger partial charge is 0.324 e. The molecule has 1 rings (SSSR count). The number of benzene rings is 1. The van der Waals surface area contributed by atoms with Crippen molar-refractivity contribution in [2.75, 3.05) is 11.9 Å². The molecule has 0 bridgehead atoms. The van der Waals surface area contributed by atoms with Gasteiger partial charge in [0.1, 0.15) is 0 Å². The summed E-state index contributed by atoms with van der Waals surface area (Å²) in [6, 6.07) is 4.81. The summed E-state index contributed by atoms with van der Waals surface area (Å²) in [6.45, 7) is -0.0805. The Kier molecular flexibility index (Phi) is 3.54. The molecule has 0 aliphatic heterocycles. The van der Waals surface area contributed by atoms with Gasteiger partial charge in [0.05, 0.1) is 17.3 Å². The van der Waals surface area contributed by atoms with E-state index in [0.717, 1.165) is 0 Å². The van der Waals surface area contributed by atoms with Crippen molar-refractivity contribution in [3.63, 3.8) is 0 Å². The van der Waals surface area contributed by atoms with E-state index >= 15 is 0 Å². The SMILES string of the molecule is NCC(=O)Nc1cc(Cl)ccc1Cl. The number of halogens is 2. The second-order valence-corrected chi connectivity index (χ2v) is 3.22. The highest BCUT2D eigenvalue weighted by Gasteiger charge is 2.03. The van der Waals surface area contributed by atoms with Crippen LogP contribution in [0.1, 0.15) is 0 Å². The predicted molar refractivity (Wildman–Crippen MR) is 54.1 cm³/mol. The van der Waals surface area contributed by atoms with Crippen molar-refractivity contribution in [1.29, 1.82) is 0 Å². The van der Waals surface area contributed by atoms with Crippen LogP contribution in [0, 0.1) is 0 Å². The number of nitrogens with two attached hydrogens (primary N) is 1. The standard InChI is InChI=1S/C8H8Cl2N2O/c9-5-1-2-6(10)7(3-5)12-8(13)4-11/h1-3H,4,11H2,(H,12,13). The van der Waals surface area contributed by atoms with Gasteiger partial charge in [0, 0.05) is 5.02 Å². The van der Waals surface area contributed by atoms with Crippen molar-refractivity contribution < 1.29 is 4.79 Å². The number of nitrogens with one attached hydrogen (secondary N) is 1. The summed E-state index contributed by atoms with van der Waals surface area (Å²) in [5.74, 6) is -0.302. The Hall–Kier alpha value is -0.770. The normalized spacial score (nSPS) is 9.77. The summed E-state index contributed by atoms with van der Waals surface area (Å²) in [5, 5.41) is 3.47. The highest BCUT2D eigenvalue weighted by Crippen LogP contribution is 2.25. The minimum atomic E-state index is -0.302. The highest BCUT2D eigenvalue weighted by molar-refractivity contribution is 6.35. The van der Waals surface area contributed by atoms with Crippen molar-refractivity contribution in [3.05, 3.63) is 28.2 Å². The van der Waals surface area contributed by atoms with Gasteiger partial charge in [-0.15, -0.1) is 0 Å². The van der Waals surface area contributed by atoms with Crippen molar-refractivity contribution in [3.8, 4) is 0 Å². The molecule has 0 saturated heterocycles. The number of amides is 1. The van der Waals surface area contributed by atoms with Gasteiger partial charge in [0.2, 0.25) is 5.91 Å². The zero-order valence-corrected chi connectivity index (χ0v) is 8.19. The lowest BCUT2D eigenvalue weighted by Gasteiger charge is -2.05. The number of anilines is 1. The number of carbonyl (C=O) groups excluding carboxylic acids is 1. The van der Waals surface area contributed by atoms with Gasteiger partial charge in [-0.25, -0.2) is 0 Å². The second-order valence-electron chi connectivity index (χ2n) is 2.38. The van der Waals surface area contributed by atoms with Crippen LogP contribution in [0.25, 0.3) is 0 Å². The Balaban J connectivity index is 2.87. The first-order valence-electron chi connectivity index (χ1n) is 3.58. The van der Waals surface area contributed by atoms with E-state index in [1.54, 1.807) is 18.2 Å². The molecule has 0 fully saturated rings. The first kappa shape index (κ1) is 10.3. The second kappa shape index (κ2) is 4.46. The molecule has 0 aliphatic carbocycles. The van der Waals surface area contributed by atoms with Crippen LogP contribution in [0.4, 0.5) is 5.69 Å². The third-order valence-corrected chi connectivity index (χ3v) is 1.95. The average molecular weight is 219 g/mol. The molecule has 13 heavy (non-hydrogen) atoms. The smallest absolute Gasteiger partial charge is 0.238 e. The van der Waals surface area contributed by atoms with Crippen LogP contribution in [0.15, 0.2) is 18.2 Å². The van der Waals surface area contributed by atoms with Gasteiger partial charge < -0.3 is 11.1 Å². The van der Waals surface area contributed by atoms with Crippen LogP contribution in [0.3, 0.4) is 0 Å². The highest BCUT2D eigenvalue weighted by atomic mass is 35.5. The molecule has 70 valence electrons. The maximum Gasteiger partial charge on any atom is 0.238 e. The molecule has 0 heterocycles. The molecule has 1 aromatic rings. The van der Waals surface area contributed by atoms with E-state index in [4.69, 9.17) is 28.9 Å². The number of carbonyl (C=O) groups is 1. The summed E-state index contributed by atoms with van der Waals surface area (Å²) in [5.41, 5.74) is 5.60. The predicted octanol–water partition coefficient (Wildman–Crippen LogP) is 1.89. The molecule has 0 atom stereocenters. The van der Waals surface area contributed by atoms with Gasteiger partial charge in [-0.2, -0.15) is 0 Å². The Labute approximate surface area is 85.8 Å². The Morgan fingerprint density at radius 2 is 2.15 bits per heavy atom. The molecule has 1 amide bonds. The minimum absolute atomic E-state index is 0.0805. The molecule has 3 nitrogen and oxygen atoms in total. The van der Waals surface area contributed by atoms with Crippen LogP contribution >= 0.6 is 23.2 Å². The van der Waals surface area contributed by atoms with Crippen molar-refractivity contribution in [2.45, 2.75) is 0 Å². The van der Waals surface area contributed by atoms with Gasteiger partial charge in [-0.1, -0.05) is 23.2 Å². The summed E-state index contributed by atoms with van der Waals surface area (Å²) >= 11 is 11.5. The fraction of sp³-hybridized carbons (Fsp3) is 0.125. The van der Waals surface area contributed by atoms with E-state index in [1.165, 1.54) is 0 Å². The molecular weight excluding hydrogens is 211 g/mol. The van der Waals surface area contributed by atoms with E-state index in [0.29, 0.717) is 15.7 Å². The fourth-order valence-corrected chi connectivity index (χ4v) is 1.13. The molecule has 0 aromatic heterocycles. The van der Waals surface area contributed by atoms with E-state index < -0.39 is 0 Å². The minimum Gasteiger partial charge on any atom is -0.324 e. The lowest BCUT2D eigenvalue weighted by molar-refractivity contribution is -0.114. The Morgan fingerprint density at radius 3 is 2.77 bits per heavy atom. The zero-order chi connectivity index (χ0) is 9.84. The zero-order valence-electron chi connectivity index (χ0n) is 6.68. The summed E-state index contributed by atoms with van der Waals surface area (Å²) in [6.07, 6.45) is 0. The molecule has 1 aromatic carbocycles. The third kappa shape index (κ3) is 2.88. The molecule has 0 aliphatic rings. The molecule has 5 heteroatoms. The number of hydrogen-bond acceptors (Lipinski definition) is 2. The van der Waals surface area contributed by atoms with E-state index in [2.05, 4.69) is 5.32 Å². The maximum atomic E-state index is 10.9. The maximum absolute atomic E-state index is 10.9. The van der Waals surface area contributed by atoms with Crippen LogP contribution in [0.2, 0.25) is 10.0 Å². The van der Waals surface area contributed by atoms with Crippen LogP contribution in [-0.4, -0.2) is 12.5 Å². The van der Waals surface area contributed by atoms with Crippen LogP contribution in [-0.2, 0) is 4.79 Å². The molecular formula is C8H8Cl2N2O. The van der Waals surface area contributed by atoms with E-state index in [1.807, 2.05) is 0 Å². The van der Waals surface area contributed by atoms with Gasteiger partial charge >= 0.3 is 0 Å². The van der Waals surface area contributed by atoms with Crippen molar-refractivity contribution in [2.24, 2.45) is 5.73 Å². The summed E-state index contributed by atoms with van der Waals surface area (Å²) in [4.78, 5) is 10.9. The molecule has 0 radical (unpaired) electrons. The fourth-order valence-electron chi connectivity index (χ4n) is 0.795. The lowest BCUT2D eigenvalue weighted by Crippen LogP contribution is -2.21. The number of rotatable bonds is 2. The monoisotopic (exact) mass is 218 g/mol. The topological polar surface area (TPSA) is 55.1 Å². The summed E-state index contributed by atoms with van der Waals surface area (Å²) in [7, 11) is 0. The Bertz CT molecular complexity index is 328. The van der Waals surface area contributed by atoms with Crippen molar-refractivity contribution in [1.82, 2.24) is 0 Å². The van der Waals surface area contributed by atoms with E-state index in [9.17, 15) is 4.79 Å². The Morgan fingerprint density at radius 1 is 1.46 bits per heavy atom. The molecule has 0 unspecified atom stereocenters. The molecule has 0 saturated carbocycles. The lowest BCUT2D eigenvalue weighted by atomic mass is 10.3. The van der Waals surface area contributed by atoms with Crippen LogP contribution < -0.4 is 11.1 Å². The number of hydrogen-bond donors (Lipinski definition) is 2. The molecule has 3 N–H and O–H groups in total. The quantitative estimate of drug-likeness (QED) is 0.797. The first-order chi connectivity index (χ1) is 6.13. The van der Waals surface area contributed by atoms with E-state index in [-0.39, 0.29) is 12.5 Å². The van der Waals surface area contributed by atoms with Gasteiger partial charge in [0.15, 0.2) is 0 Å². The van der Waals surface area contributed by atoms with Gasteiger partial charge in [0.25, 0.3) is 0 Å². The average Bonchev–Trinajstić information content (AvgIpc) is 2.11. The first-order valence-corrected chi connectivity index (χ1v) is 4.34. The van der Waals surface area contributed by atoms with Gasteiger partial charge in [-0.05, 0) is 18.2 Å². The van der Waals surface area contributed by atoms with Gasteiger partial charge in [-0.3, -0.25) is 4.79 Å².